The number of alkyl halides is 1. The first-order valence-corrected chi connectivity index (χ1v) is 8.73. The molecular formula is C17H25Cl2NO3. The third-order valence-electron chi connectivity index (χ3n) is 4.16. The number of amides is 1. The zero-order valence-corrected chi connectivity index (χ0v) is 15.7. The van der Waals surface area contributed by atoms with Crippen LogP contribution in [-0.4, -0.2) is 48.3 Å². The second kappa shape index (κ2) is 7.45. The van der Waals surface area contributed by atoms with Crippen molar-refractivity contribution in [2.45, 2.75) is 50.6 Å². The Hall–Kier alpha value is -0.710. The lowest BCUT2D eigenvalue weighted by molar-refractivity contribution is 0.0123. The average molecular weight is 362 g/mol. The maximum Gasteiger partial charge on any atom is 0.410 e. The highest BCUT2D eigenvalue weighted by atomic mass is 35.5. The smallest absolute Gasteiger partial charge is 0.410 e. The lowest BCUT2D eigenvalue weighted by atomic mass is 9.86. The summed E-state index contributed by atoms with van der Waals surface area (Å²) in [5.41, 5.74) is 0.719. The summed E-state index contributed by atoms with van der Waals surface area (Å²) in [6.45, 7) is 6.76. The third-order valence-corrected chi connectivity index (χ3v) is 5.05. The molecule has 1 aliphatic heterocycles. The van der Waals surface area contributed by atoms with Gasteiger partial charge in [0, 0.05) is 24.6 Å². The van der Waals surface area contributed by atoms with Crippen LogP contribution in [0.15, 0.2) is 22.8 Å². The van der Waals surface area contributed by atoms with Crippen molar-refractivity contribution >= 4 is 29.3 Å². The van der Waals surface area contributed by atoms with Crippen molar-refractivity contribution in [3.8, 4) is 0 Å². The molecule has 0 N–H and O–H groups in total. The van der Waals surface area contributed by atoms with E-state index in [1.165, 1.54) is 5.57 Å². The van der Waals surface area contributed by atoms with Gasteiger partial charge in [-0.3, -0.25) is 0 Å². The number of hydrogen-bond donors (Lipinski definition) is 0. The average Bonchev–Trinajstić information content (AvgIpc) is 2.84. The predicted octanol–water partition coefficient (Wildman–Crippen LogP) is 4.32. The number of allylic oxidation sites excluding steroid dienone is 3. The number of methoxy groups -OCH3 is 1. The highest BCUT2D eigenvalue weighted by Gasteiger charge is 2.41. The summed E-state index contributed by atoms with van der Waals surface area (Å²) < 4.78 is 10.9. The maximum atomic E-state index is 12.5. The van der Waals surface area contributed by atoms with E-state index >= 15 is 0 Å². The molecule has 3 unspecified atom stereocenters. The second-order valence-electron chi connectivity index (χ2n) is 7.06. The summed E-state index contributed by atoms with van der Waals surface area (Å²) in [6, 6.07) is -0.0322. The molecule has 1 saturated heterocycles. The summed E-state index contributed by atoms with van der Waals surface area (Å²) in [4.78, 5) is 14.2. The Kier molecular flexibility index (Phi) is 6.04. The Morgan fingerprint density at radius 3 is 2.65 bits per heavy atom. The van der Waals surface area contributed by atoms with E-state index in [0.29, 0.717) is 24.6 Å². The Balaban J connectivity index is 2.15. The van der Waals surface area contributed by atoms with Gasteiger partial charge in [-0.15, -0.1) is 11.6 Å². The fourth-order valence-corrected chi connectivity index (χ4v) is 3.54. The summed E-state index contributed by atoms with van der Waals surface area (Å²) in [7, 11) is 1.65. The lowest BCUT2D eigenvalue weighted by Crippen LogP contribution is -2.44. The van der Waals surface area contributed by atoms with Gasteiger partial charge in [-0.25, -0.2) is 4.79 Å². The van der Waals surface area contributed by atoms with Crippen LogP contribution in [0.1, 0.15) is 33.6 Å². The minimum absolute atomic E-state index is 0.0322. The molecule has 6 heteroatoms. The molecule has 0 spiro atoms. The zero-order chi connectivity index (χ0) is 17.2. The fraction of sp³-hybridized carbons (Fsp3) is 0.706. The lowest BCUT2D eigenvalue weighted by Gasteiger charge is -2.32. The van der Waals surface area contributed by atoms with Crippen LogP contribution in [0.25, 0.3) is 0 Å². The zero-order valence-electron chi connectivity index (χ0n) is 14.1. The van der Waals surface area contributed by atoms with Crippen LogP contribution in [0.4, 0.5) is 4.79 Å². The minimum Gasteiger partial charge on any atom is -0.444 e. The van der Waals surface area contributed by atoms with E-state index in [1.54, 1.807) is 12.0 Å². The molecule has 4 nitrogen and oxygen atoms in total. The van der Waals surface area contributed by atoms with Crippen LogP contribution < -0.4 is 0 Å². The van der Waals surface area contributed by atoms with Crippen molar-refractivity contribution in [3.05, 3.63) is 22.8 Å². The standard InChI is InChI=1S/C17H25Cl2NO3/c1-17(2,3)23-16(21)20-8-7-12(15(20)10-22-4)11-5-6-13(18)14(19)9-11/h5-6,12,14-15H,7-10H2,1-4H3. The maximum absolute atomic E-state index is 12.5. The largest absolute Gasteiger partial charge is 0.444 e. The molecule has 2 aliphatic rings. The van der Waals surface area contributed by atoms with Crippen LogP contribution in [0.2, 0.25) is 0 Å². The molecule has 0 aromatic rings. The normalized spacial score (nSPS) is 28.4. The molecule has 0 radical (unpaired) electrons. The molecule has 1 heterocycles. The molecule has 130 valence electrons. The summed E-state index contributed by atoms with van der Waals surface area (Å²) >= 11 is 12.3. The SMILES string of the molecule is COCC1C(C2=CC=C(Cl)C(Cl)C2)CCN1C(=O)OC(C)(C)C. The predicted molar refractivity (Wildman–Crippen MR) is 93.0 cm³/mol. The minimum atomic E-state index is -0.506. The Morgan fingerprint density at radius 1 is 1.39 bits per heavy atom. The van der Waals surface area contributed by atoms with E-state index < -0.39 is 5.60 Å². The van der Waals surface area contributed by atoms with Crippen LogP contribution in [0.5, 0.6) is 0 Å². The molecule has 23 heavy (non-hydrogen) atoms. The number of ether oxygens (including phenoxy) is 2. The van der Waals surface area contributed by atoms with Crippen molar-refractivity contribution in [2.24, 2.45) is 5.92 Å². The van der Waals surface area contributed by atoms with E-state index in [1.807, 2.05) is 32.9 Å². The molecule has 0 bridgehead atoms. The number of likely N-dealkylation sites (tertiary alicyclic amines) is 1. The number of rotatable bonds is 3. The van der Waals surface area contributed by atoms with E-state index in [0.717, 1.165) is 6.42 Å². The van der Waals surface area contributed by atoms with Crippen LogP contribution in [-0.2, 0) is 9.47 Å². The number of nitrogens with zero attached hydrogens (tertiary/aromatic N) is 1. The van der Waals surface area contributed by atoms with E-state index in [-0.39, 0.29) is 23.4 Å². The highest BCUT2D eigenvalue weighted by Crippen LogP contribution is 2.38. The van der Waals surface area contributed by atoms with Crippen LogP contribution >= 0.6 is 23.2 Å². The van der Waals surface area contributed by atoms with Crippen LogP contribution in [0, 0.1) is 5.92 Å². The van der Waals surface area contributed by atoms with Gasteiger partial charge in [-0.05, 0) is 39.7 Å². The molecule has 1 aliphatic carbocycles. The molecule has 1 amide bonds. The summed E-state index contributed by atoms with van der Waals surface area (Å²) in [5.74, 6) is 0.227. The van der Waals surface area contributed by atoms with Gasteiger partial charge in [0.05, 0.1) is 18.0 Å². The second-order valence-corrected chi connectivity index (χ2v) is 8.02. The summed E-state index contributed by atoms with van der Waals surface area (Å²) in [6.07, 6.45) is 5.21. The van der Waals surface area contributed by atoms with Crippen molar-refractivity contribution in [1.82, 2.24) is 4.90 Å². The Morgan fingerprint density at radius 2 is 2.09 bits per heavy atom. The van der Waals surface area contributed by atoms with Crippen molar-refractivity contribution in [3.63, 3.8) is 0 Å². The molecule has 0 saturated carbocycles. The van der Waals surface area contributed by atoms with E-state index in [4.69, 9.17) is 32.7 Å². The molecule has 0 aromatic carbocycles. The molecule has 0 aromatic heterocycles. The van der Waals surface area contributed by atoms with Gasteiger partial charge in [0.1, 0.15) is 5.60 Å². The Labute approximate surface area is 148 Å². The van der Waals surface area contributed by atoms with Gasteiger partial charge in [-0.2, -0.15) is 0 Å². The van der Waals surface area contributed by atoms with E-state index in [9.17, 15) is 4.79 Å². The van der Waals surface area contributed by atoms with Crippen molar-refractivity contribution < 1.29 is 14.3 Å². The number of carbonyl (C=O) groups excluding carboxylic acids is 1. The van der Waals surface area contributed by atoms with Gasteiger partial charge in [0.15, 0.2) is 0 Å². The highest BCUT2D eigenvalue weighted by molar-refractivity contribution is 6.37. The van der Waals surface area contributed by atoms with Gasteiger partial charge < -0.3 is 14.4 Å². The first-order valence-electron chi connectivity index (χ1n) is 7.91. The molecule has 2 rings (SSSR count). The van der Waals surface area contributed by atoms with Crippen molar-refractivity contribution in [2.75, 3.05) is 20.3 Å². The summed E-state index contributed by atoms with van der Waals surface area (Å²) in [5, 5.41) is 0.483. The van der Waals surface area contributed by atoms with Gasteiger partial charge in [-0.1, -0.05) is 23.3 Å². The fourth-order valence-electron chi connectivity index (χ4n) is 3.15. The molecular weight excluding hydrogens is 337 g/mol. The molecule has 1 fully saturated rings. The number of halogens is 2. The van der Waals surface area contributed by atoms with Crippen LogP contribution in [0.3, 0.4) is 0 Å². The number of hydrogen-bond acceptors (Lipinski definition) is 3. The first-order chi connectivity index (χ1) is 10.7. The van der Waals surface area contributed by atoms with Crippen molar-refractivity contribution in [1.29, 1.82) is 0 Å². The topological polar surface area (TPSA) is 38.8 Å². The first kappa shape index (κ1) is 18.6. The van der Waals surface area contributed by atoms with Gasteiger partial charge in [0.25, 0.3) is 0 Å². The monoisotopic (exact) mass is 361 g/mol. The van der Waals surface area contributed by atoms with E-state index in [2.05, 4.69) is 0 Å². The molecule has 3 atom stereocenters. The van der Waals surface area contributed by atoms with Gasteiger partial charge >= 0.3 is 6.09 Å². The quantitative estimate of drug-likeness (QED) is 0.702. The Bertz CT molecular complexity index is 510. The third kappa shape index (κ3) is 4.65. The number of carbonyl (C=O) groups is 1. The van der Waals surface area contributed by atoms with Gasteiger partial charge in [0.2, 0.25) is 0 Å².